The molecule has 0 heterocycles. The van der Waals surface area contributed by atoms with Crippen molar-refractivity contribution in [3.63, 3.8) is 0 Å². The van der Waals surface area contributed by atoms with Gasteiger partial charge in [0.05, 0.1) is 6.07 Å². The van der Waals surface area contributed by atoms with Crippen molar-refractivity contribution < 1.29 is 0 Å². The first-order valence-corrected chi connectivity index (χ1v) is 4.38. The topological polar surface area (TPSA) is 23.8 Å². The van der Waals surface area contributed by atoms with Crippen LogP contribution in [-0.4, -0.2) is 13.4 Å². The molecule has 0 aliphatic carbocycles. The van der Waals surface area contributed by atoms with Gasteiger partial charge in [-0.05, 0) is 13.2 Å². The second-order valence-electron chi connectivity index (χ2n) is 1.35. The van der Waals surface area contributed by atoms with E-state index in [9.17, 15) is 0 Å². The van der Waals surface area contributed by atoms with Crippen LogP contribution >= 0.6 is 23.4 Å². The molecule has 0 aliphatic rings. The summed E-state index contributed by atoms with van der Waals surface area (Å²) in [5, 5.41) is 8.38. The Kier molecular flexibility index (Phi) is 4.83. The molecule has 0 fully saturated rings. The van der Waals surface area contributed by atoms with Gasteiger partial charge in [-0.3, -0.25) is 0 Å². The minimum atomic E-state index is 0.690. The van der Waals surface area contributed by atoms with E-state index < -0.39 is 0 Å². The highest BCUT2D eigenvalue weighted by atomic mass is 32.2. The number of hydrogen-bond donors (Lipinski definition) is 0. The Balaban J connectivity index is 4.23. The van der Waals surface area contributed by atoms with Gasteiger partial charge in [-0.2, -0.15) is 16.9 Å². The van der Waals surface area contributed by atoms with E-state index in [1.165, 1.54) is 11.8 Å². The average Bonchev–Trinajstić information content (AvgIpc) is 1.90. The first kappa shape index (κ1) is 8.99. The van der Waals surface area contributed by atoms with E-state index >= 15 is 0 Å². The van der Waals surface area contributed by atoms with Gasteiger partial charge in [0.2, 0.25) is 0 Å². The summed E-state index contributed by atoms with van der Waals surface area (Å²) < 4.78 is 0.887. The summed E-state index contributed by atoms with van der Waals surface area (Å²) in [6.07, 6.45) is 1.90. The fourth-order valence-corrected chi connectivity index (χ4v) is 1.29. The zero-order valence-electron chi connectivity index (χ0n) is 5.34. The molecule has 0 N–H and O–H groups in total. The number of thioether (sulfide) groups is 1. The summed E-state index contributed by atoms with van der Waals surface area (Å²) in [4.78, 5) is 0. The molecule has 0 saturated carbocycles. The van der Waals surface area contributed by atoms with Crippen molar-refractivity contribution in [2.45, 2.75) is 6.92 Å². The third kappa shape index (κ3) is 2.88. The Morgan fingerprint density at radius 3 is 2.33 bits per heavy atom. The van der Waals surface area contributed by atoms with Crippen LogP contribution < -0.4 is 0 Å². The molecule has 1 nitrogen and oxygen atoms in total. The van der Waals surface area contributed by atoms with E-state index in [0.29, 0.717) is 5.57 Å². The molecule has 2 radical (unpaired) electrons. The van der Waals surface area contributed by atoms with Crippen LogP contribution in [0.3, 0.4) is 0 Å². The smallest absolute Gasteiger partial charge is 0.169 e. The van der Waals surface area contributed by atoms with E-state index in [1.54, 1.807) is 6.92 Å². The predicted octanol–water partition coefficient (Wildman–Crippen LogP) is 1.92. The van der Waals surface area contributed by atoms with Crippen molar-refractivity contribution in [3.8, 4) is 6.07 Å². The van der Waals surface area contributed by atoms with Crippen LogP contribution in [0.4, 0.5) is 0 Å². The Bertz CT molecular complexity index is 153. The third-order valence-electron chi connectivity index (χ3n) is 0.766. The maximum absolute atomic E-state index is 8.38. The average molecular weight is 155 g/mol. The Morgan fingerprint density at radius 1 is 1.67 bits per heavy atom. The first-order valence-electron chi connectivity index (χ1n) is 2.28. The fraction of sp³-hybridized carbons (Fsp3) is 0.400. The number of nitrogens with zero attached hydrogens (tertiary/aromatic N) is 1. The zero-order valence-corrected chi connectivity index (χ0v) is 6.97. The first-order chi connectivity index (χ1) is 4.26. The molecule has 0 aromatic heterocycles. The molecule has 0 amide bonds. The van der Waals surface area contributed by atoms with Crippen molar-refractivity contribution in [2.24, 2.45) is 0 Å². The molecule has 0 rings (SSSR count). The number of hydrogen-bond acceptors (Lipinski definition) is 3. The number of allylic oxidation sites excluding steroid dienone is 1. The van der Waals surface area contributed by atoms with Gasteiger partial charge in [-0.15, -0.1) is 11.8 Å². The maximum atomic E-state index is 8.38. The van der Waals surface area contributed by atoms with Gasteiger partial charge in [0, 0.05) is 9.81 Å². The normalized spacial score (nSPS) is 12.1. The van der Waals surface area contributed by atoms with E-state index in [2.05, 4.69) is 0 Å². The molecular weight excluding hydrogens is 149 g/mol. The van der Waals surface area contributed by atoms with Crippen molar-refractivity contribution in [1.29, 1.82) is 5.26 Å². The Labute approximate surface area is 65.2 Å². The van der Waals surface area contributed by atoms with E-state index in [1.807, 2.05) is 12.3 Å². The molecule has 0 aromatic rings. The molecule has 0 spiro atoms. The third-order valence-corrected chi connectivity index (χ3v) is 2.75. The minimum absolute atomic E-state index is 0.690. The standard InChI is InChI=1S/C5H6BNS2/c1-4(3-7)5(8-2)9-6/h1-2H3/b5-4-. The van der Waals surface area contributed by atoms with Crippen LogP contribution in [0.2, 0.25) is 0 Å². The monoisotopic (exact) mass is 155 g/mol. The van der Waals surface area contributed by atoms with Gasteiger partial charge in [0.15, 0.2) is 7.12 Å². The van der Waals surface area contributed by atoms with E-state index in [-0.39, 0.29) is 0 Å². The van der Waals surface area contributed by atoms with Crippen LogP contribution in [-0.2, 0) is 0 Å². The molecule has 0 aromatic carbocycles. The van der Waals surface area contributed by atoms with Gasteiger partial charge in [0.25, 0.3) is 0 Å². The van der Waals surface area contributed by atoms with Crippen molar-refractivity contribution in [3.05, 3.63) is 9.81 Å². The second-order valence-corrected chi connectivity index (χ2v) is 3.07. The van der Waals surface area contributed by atoms with Crippen molar-refractivity contribution in [2.75, 3.05) is 6.26 Å². The van der Waals surface area contributed by atoms with E-state index in [4.69, 9.17) is 12.4 Å². The highest BCUT2D eigenvalue weighted by molar-refractivity contribution is 8.33. The molecule has 0 unspecified atom stereocenters. The van der Waals surface area contributed by atoms with Crippen LogP contribution in [0.1, 0.15) is 6.92 Å². The molecule has 0 bridgehead atoms. The molecule has 9 heavy (non-hydrogen) atoms. The quantitative estimate of drug-likeness (QED) is 0.449. The number of nitriles is 1. The van der Waals surface area contributed by atoms with Gasteiger partial charge in [0.1, 0.15) is 0 Å². The van der Waals surface area contributed by atoms with Crippen LogP contribution in [0.15, 0.2) is 9.81 Å². The van der Waals surface area contributed by atoms with Gasteiger partial charge < -0.3 is 0 Å². The summed E-state index contributed by atoms with van der Waals surface area (Å²) in [6.45, 7) is 1.76. The summed E-state index contributed by atoms with van der Waals surface area (Å²) in [5.41, 5.74) is 0.690. The summed E-state index contributed by atoms with van der Waals surface area (Å²) in [7, 11) is 5.25. The summed E-state index contributed by atoms with van der Waals surface area (Å²) in [6, 6.07) is 2.02. The molecule has 0 atom stereocenters. The predicted molar refractivity (Wildman–Crippen MR) is 45.2 cm³/mol. The van der Waals surface area contributed by atoms with Crippen molar-refractivity contribution in [1.82, 2.24) is 0 Å². The molecule has 46 valence electrons. The largest absolute Gasteiger partial charge is 0.193 e. The Morgan fingerprint density at radius 2 is 2.22 bits per heavy atom. The molecule has 0 aliphatic heterocycles. The van der Waals surface area contributed by atoms with Gasteiger partial charge in [-0.1, -0.05) is 0 Å². The molecular formula is C5H6BNS2. The zero-order chi connectivity index (χ0) is 7.28. The summed E-state index contributed by atoms with van der Waals surface area (Å²) in [5.74, 6) is 0. The minimum Gasteiger partial charge on any atom is -0.193 e. The molecule has 4 heteroatoms. The van der Waals surface area contributed by atoms with Crippen LogP contribution in [0, 0.1) is 11.3 Å². The second kappa shape index (κ2) is 4.83. The van der Waals surface area contributed by atoms with Crippen molar-refractivity contribution >= 4 is 30.5 Å². The lowest BCUT2D eigenvalue weighted by Gasteiger charge is -1.97. The van der Waals surface area contributed by atoms with Crippen LogP contribution in [0.25, 0.3) is 0 Å². The summed E-state index contributed by atoms with van der Waals surface area (Å²) >= 11 is 2.62. The van der Waals surface area contributed by atoms with Gasteiger partial charge in [-0.25, -0.2) is 0 Å². The highest BCUT2D eigenvalue weighted by Gasteiger charge is 1.95. The van der Waals surface area contributed by atoms with Gasteiger partial charge >= 0.3 is 0 Å². The fourth-order valence-electron chi connectivity index (χ4n) is 0.335. The SMILES string of the molecule is [B]S/C(SC)=C(/C)C#N. The number of rotatable bonds is 2. The Hall–Kier alpha value is -0.00506. The lowest BCUT2D eigenvalue weighted by atomic mass is 10.4. The van der Waals surface area contributed by atoms with E-state index in [0.717, 1.165) is 15.9 Å². The highest BCUT2D eigenvalue weighted by Crippen LogP contribution is 2.25. The van der Waals surface area contributed by atoms with Crippen LogP contribution in [0.5, 0.6) is 0 Å². The lowest BCUT2D eigenvalue weighted by Crippen LogP contribution is -1.73. The lowest BCUT2D eigenvalue weighted by molar-refractivity contribution is 1.45. The molecule has 0 saturated heterocycles. The maximum Gasteiger partial charge on any atom is 0.169 e.